The van der Waals surface area contributed by atoms with Crippen LogP contribution in [-0.4, -0.2) is 50.0 Å². The molecule has 0 spiro atoms. The molecule has 2 amide bonds. The molecule has 0 radical (unpaired) electrons. The number of rotatable bonds is 11. The standard InChI is InChI=1S/C29H34BrN3O4S2/c1-20(2)31-29(35)22(4)32(18-23-7-6-8-24(30)17-23)28(34)19-33(25-11-9-21(3)10-12-25)39(36,37)27-15-13-26(38-5)14-16-27/h6-17,20,22H,18-19H2,1-5H3,(H,31,35). The molecule has 0 aliphatic rings. The van der Waals surface area contributed by atoms with Crippen LogP contribution in [0.5, 0.6) is 0 Å². The van der Waals surface area contributed by atoms with E-state index in [1.165, 1.54) is 16.7 Å². The van der Waals surface area contributed by atoms with Gasteiger partial charge in [-0.2, -0.15) is 0 Å². The maximum Gasteiger partial charge on any atom is 0.264 e. The number of halogens is 1. The van der Waals surface area contributed by atoms with Crippen LogP contribution in [0.4, 0.5) is 5.69 Å². The number of nitrogens with one attached hydrogen (secondary N) is 1. The molecular weight excluding hydrogens is 598 g/mol. The van der Waals surface area contributed by atoms with Gasteiger partial charge in [0, 0.05) is 22.0 Å². The summed E-state index contributed by atoms with van der Waals surface area (Å²) in [6, 6.07) is 20.1. The predicted octanol–water partition coefficient (Wildman–Crippen LogP) is 5.62. The highest BCUT2D eigenvalue weighted by Crippen LogP contribution is 2.26. The van der Waals surface area contributed by atoms with Crippen molar-refractivity contribution in [2.24, 2.45) is 0 Å². The molecule has 0 aromatic heterocycles. The molecule has 0 heterocycles. The van der Waals surface area contributed by atoms with Crippen LogP contribution in [-0.2, 0) is 26.2 Å². The molecule has 1 unspecified atom stereocenters. The van der Waals surface area contributed by atoms with Gasteiger partial charge >= 0.3 is 0 Å². The number of sulfonamides is 1. The topological polar surface area (TPSA) is 86.8 Å². The van der Waals surface area contributed by atoms with E-state index in [9.17, 15) is 18.0 Å². The van der Waals surface area contributed by atoms with Crippen molar-refractivity contribution in [1.82, 2.24) is 10.2 Å². The van der Waals surface area contributed by atoms with Crippen LogP contribution in [0.15, 0.2) is 87.1 Å². The van der Waals surface area contributed by atoms with E-state index in [-0.39, 0.29) is 23.4 Å². The molecule has 7 nitrogen and oxygen atoms in total. The van der Waals surface area contributed by atoms with Crippen molar-refractivity contribution in [1.29, 1.82) is 0 Å². The third kappa shape index (κ3) is 8.09. The van der Waals surface area contributed by atoms with Crippen molar-refractivity contribution in [2.45, 2.75) is 56.1 Å². The van der Waals surface area contributed by atoms with Gasteiger partial charge in [-0.3, -0.25) is 13.9 Å². The zero-order valence-electron chi connectivity index (χ0n) is 22.7. The van der Waals surface area contributed by atoms with Crippen LogP contribution in [0.1, 0.15) is 31.9 Å². The Balaban J connectivity index is 2.03. The summed E-state index contributed by atoms with van der Waals surface area (Å²) < 4.78 is 29.7. The van der Waals surface area contributed by atoms with Gasteiger partial charge in [0.1, 0.15) is 12.6 Å². The average molecular weight is 633 g/mol. The van der Waals surface area contributed by atoms with Gasteiger partial charge in [0.15, 0.2) is 0 Å². The van der Waals surface area contributed by atoms with Crippen molar-refractivity contribution < 1.29 is 18.0 Å². The second kappa shape index (κ2) is 13.5. The Labute approximate surface area is 244 Å². The Kier molecular flexibility index (Phi) is 10.6. The number of anilines is 1. The van der Waals surface area contributed by atoms with E-state index in [0.29, 0.717) is 5.69 Å². The number of hydrogen-bond donors (Lipinski definition) is 1. The maximum absolute atomic E-state index is 13.9. The van der Waals surface area contributed by atoms with Crippen LogP contribution in [0.25, 0.3) is 0 Å². The average Bonchev–Trinajstić information content (AvgIpc) is 2.90. The third-order valence-electron chi connectivity index (χ3n) is 6.09. The monoisotopic (exact) mass is 631 g/mol. The molecule has 0 fully saturated rings. The van der Waals surface area contributed by atoms with Gasteiger partial charge < -0.3 is 10.2 Å². The first-order valence-corrected chi connectivity index (χ1v) is 16.0. The molecule has 0 saturated carbocycles. The Morgan fingerprint density at radius 2 is 1.62 bits per heavy atom. The number of benzene rings is 3. The number of aryl methyl sites for hydroxylation is 1. The molecule has 208 valence electrons. The third-order valence-corrected chi connectivity index (χ3v) is 9.11. The quantitative estimate of drug-likeness (QED) is 0.278. The highest BCUT2D eigenvalue weighted by molar-refractivity contribution is 9.10. The summed E-state index contributed by atoms with van der Waals surface area (Å²) >= 11 is 4.97. The molecule has 0 aliphatic heterocycles. The lowest BCUT2D eigenvalue weighted by molar-refractivity contribution is -0.139. The molecule has 39 heavy (non-hydrogen) atoms. The van der Waals surface area contributed by atoms with Crippen molar-refractivity contribution in [2.75, 3.05) is 17.1 Å². The number of amides is 2. The van der Waals surface area contributed by atoms with Crippen LogP contribution >= 0.6 is 27.7 Å². The minimum absolute atomic E-state index is 0.0813. The Hall–Kier alpha value is -2.82. The van der Waals surface area contributed by atoms with Crippen molar-refractivity contribution in [3.05, 3.63) is 88.4 Å². The normalized spacial score (nSPS) is 12.2. The first kappa shape index (κ1) is 30.7. The van der Waals surface area contributed by atoms with Crippen molar-refractivity contribution in [3.63, 3.8) is 0 Å². The van der Waals surface area contributed by atoms with Gasteiger partial charge in [-0.15, -0.1) is 11.8 Å². The fourth-order valence-electron chi connectivity index (χ4n) is 3.93. The molecule has 1 atom stereocenters. The molecule has 0 bridgehead atoms. The van der Waals surface area contributed by atoms with Crippen LogP contribution in [0, 0.1) is 6.92 Å². The van der Waals surface area contributed by atoms with Crippen LogP contribution in [0.2, 0.25) is 0 Å². The van der Waals surface area contributed by atoms with Crippen LogP contribution < -0.4 is 9.62 Å². The zero-order valence-corrected chi connectivity index (χ0v) is 25.9. The van der Waals surface area contributed by atoms with E-state index in [1.807, 2.05) is 51.3 Å². The minimum Gasteiger partial charge on any atom is -0.352 e. The Bertz CT molecular complexity index is 1390. The SMILES string of the molecule is CSc1ccc(S(=O)(=O)N(CC(=O)N(Cc2cccc(Br)c2)C(C)C(=O)NC(C)C)c2ccc(C)cc2)cc1. The minimum atomic E-state index is -4.10. The number of nitrogens with zero attached hydrogens (tertiary/aromatic N) is 2. The summed E-state index contributed by atoms with van der Waals surface area (Å²) in [5, 5.41) is 2.86. The highest BCUT2D eigenvalue weighted by atomic mass is 79.9. The molecule has 0 saturated heterocycles. The lowest BCUT2D eigenvalue weighted by Crippen LogP contribution is -2.52. The smallest absolute Gasteiger partial charge is 0.264 e. The van der Waals surface area contributed by atoms with Gasteiger partial charge in [-0.25, -0.2) is 8.42 Å². The van der Waals surface area contributed by atoms with Crippen molar-refractivity contribution in [3.8, 4) is 0 Å². The van der Waals surface area contributed by atoms with E-state index in [4.69, 9.17) is 0 Å². The zero-order chi connectivity index (χ0) is 28.7. The van der Waals surface area contributed by atoms with Gasteiger partial charge in [0.05, 0.1) is 10.6 Å². The second-order valence-electron chi connectivity index (χ2n) is 9.51. The van der Waals surface area contributed by atoms with E-state index >= 15 is 0 Å². The number of thioether (sulfide) groups is 1. The molecule has 3 aromatic carbocycles. The molecule has 1 N–H and O–H groups in total. The van der Waals surface area contributed by atoms with E-state index in [1.54, 1.807) is 55.5 Å². The summed E-state index contributed by atoms with van der Waals surface area (Å²) in [7, 11) is -4.10. The maximum atomic E-state index is 13.9. The molecular formula is C29H34BrN3O4S2. The summed E-state index contributed by atoms with van der Waals surface area (Å²) in [5.41, 5.74) is 2.13. The number of hydrogen-bond acceptors (Lipinski definition) is 5. The fraction of sp³-hybridized carbons (Fsp3) is 0.310. The lowest BCUT2D eigenvalue weighted by atomic mass is 10.1. The van der Waals surface area contributed by atoms with Gasteiger partial charge in [0.25, 0.3) is 10.0 Å². The number of carbonyl (C=O) groups excluding carboxylic acids is 2. The number of carbonyl (C=O) groups is 2. The second-order valence-corrected chi connectivity index (χ2v) is 13.2. The molecule has 10 heteroatoms. The first-order chi connectivity index (χ1) is 18.4. The highest BCUT2D eigenvalue weighted by Gasteiger charge is 2.32. The summed E-state index contributed by atoms with van der Waals surface area (Å²) in [6.45, 7) is 6.92. The first-order valence-electron chi connectivity index (χ1n) is 12.5. The largest absolute Gasteiger partial charge is 0.352 e. The van der Waals surface area contributed by atoms with Crippen molar-refractivity contribution >= 4 is 55.2 Å². The molecule has 3 aromatic rings. The van der Waals surface area contributed by atoms with E-state index < -0.39 is 28.5 Å². The summed E-state index contributed by atoms with van der Waals surface area (Å²) in [4.78, 5) is 29.3. The summed E-state index contributed by atoms with van der Waals surface area (Å²) in [5.74, 6) is -0.808. The van der Waals surface area contributed by atoms with Gasteiger partial charge in [-0.05, 0) is 88.0 Å². The van der Waals surface area contributed by atoms with E-state index in [0.717, 1.165) is 24.8 Å². The molecule has 0 aliphatic carbocycles. The molecule has 3 rings (SSSR count). The Morgan fingerprint density at radius 3 is 2.18 bits per heavy atom. The summed E-state index contributed by atoms with van der Waals surface area (Å²) in [6.07, 6.45) is 1.91. The van der Waals surface area contributed by atoms with Gasteiger partial charge in [-0.1, -0.05) is 45.8 Å². The van der Waals surface area contributed by atoms with Gasteiger partial charge in [0.2, 0.25) is 11.8 Å². The van der Waals surface area contributed by atoms with Crippen LogP contribution in [0.3, 0.4) is 0 Å². The Morgan fingerprint density at radius 1 is 0.974 bits per heavy atom. The fourth-order valence-corrected chi connectivity index (χ4v) is 6.20. The van der Waals surface area contributed by atoms with E-state index in [2.05, 4.69) is 21.2 Å². The lowest BCUT2D eigenvalue weighted by Gasteiger charge is -2.32. The predicted molar refractivity (Wildman–Crippen MR) is 161 cm³/mol.